The van der Waals surface area contributed by atoms with Gasteiger partial charge in [-0.1, -0.05) is 30.3 Å². The molecule has 1 heterocycles. The molecular formula is C25H35ClN4O. The minimum absolute atomic E-state index is 0.000309. The lowest BCUT2D eigenvalue weighted by atomic mass is 9.94. The second-order valence-corrected chi connectivity index (χ2v) is 9.36. The maximum atomic E-state index is 12.7. The van der Waals surface area contributed by atoms with Gasteiger partial charge >= 0.3 is 0 Å². The predicted octanol–water partition coefficient (Wildman–Crippen LogP) is 4.00. The van der Waals surface area contributed by atoms with Gasteiger partial charge in [-0.3, -0.25) is 9.69 Å². The second-order valence-electron chi connectivity index (χ2n) is 9.09. The summed E-state index contributed by atoms with van der Waals surface area (Å²) in [7, 11) is 4.09. The average Bonchev–Trinajstić information content (AvgIpc) is 2.80. The molecule has 31 heavy (non-hydrogen) atoms. The molecule has 1 aliphatic rings. The van der Waals surface area contributed by atoms with Crippen molar-refractivity contribution in [2.45, 2.75) is 19.9 Å². The second kappa shape index (κ2) is 10.4. The van der Waals surface area contributed by atoms with Crippen LogP contribution in [0.3, 0.4) is 0 Å². The van der Waals surface area contributed by atoms with Crippen LogP contribution >= 0.6 is 11.6 Å². The highest BCUT2D eigenvalue weighted by atomic mass is 35.5. The number of carbonyl (C=O) groups is 1. The van der Waals surface area contributed by atoms with Gasteiger partial charge in [-0.05, 0) is 43.7 Å². The van der Waals surface area contributed by atoms with Gasteiger partial charge in [0.25, 0.3) is 0 Å². The Morgan fingerprint density at radius 3 is 2.19 bits per heavy atom. The lowest BCUT2D eigenvalue weighted by Crippen LogP contribution is -2.50. The molecule has 1 amide bonds. The van der Waals surface area contributed by atoms with Crippen molar-refractivity contribution in [3.63, 3.8) is 0 Å². The molecule has 0 unspecified atom stereocenters. The number of hydrogen-bond donors (Lipinski definition) is 1. The molecule has 2 aromatic carbocycles. The topological polar surface area (TPSA) is 38.8 Å². The summed E-state index contributed by atoms with van der Waals surface area (Å²) in [5.41, 5.74) is 3.09. The molecule has 2 aromatic rings. The van der Waals surface area contributed by atoms with E-state index in [1.165, 1.54) is 16.9 Å². The van der Waals surface area contributed by atoms with Gasteiger partial charge in [0.15, 0.2) is 0 Å². The van der Waals surface area contributed by atoms with Crippen LogP contribution in [0.15, 0.2) is 54.6 Å². The van der Waals surface area contributed by atoms with Gasteiger partial charge < -0.3 is 15.1 Å². The maximum Gasteiger partial charge on any atom is 0.226 e. The van der Waals surface area contributed by atoms with E-state index in [1.807, 2.05) is 27.9 Å². The predicted molar refractivity (Wildman–Crippen MR) is 131 cm³/mol. The number of hydrogen-bond acceptors (Lipinski definition) is 4. The number of carbonyl (C=O) groups excluding carboxylic acids is 1. The van der Waals surface area contributed by atoms with Crippen LogP contribution in [-0.4, -0.2) is 63.5 Å². The average molecular weight is 443 g/mol. The van der Waals surface area contributed by atoms with Gasteiger partial charge in [0.1, 0.15) is 0 Å². The third-order valence-corrected chi connectivity index (χ3v) is 6.74. The van der Waals surface area contributed by atoms with Crippen LogP contribution < -0.4 is 15.1 Å². The fourth-order valence-corrected chi connectivity index (χ4v) is 3.99. The molecular weight excluding hydrogens is 408 g/mol. The largest absolute Gasteiger partial charge is 0.378 e. The van der Waals surface area contributed by atoms with Crippen LogP contribution in [0.5, 0.6) is 0 Å². The van der Waals surface area contributed by atoms with E-state index in [9.17, 15) is 4.79 Å². The van der Waals surface area contributed by atoms with Gasteiger partial charge in [-0.15, -0.1) is 11.6 Å². The highest BCUT2D eigenvalue weighted by Gasteiger charge is 2.30. The molecule has 0 spiro atoms. The van der Waals surface area contributed by atoms with Crippen molar-refractivity contribution in [3.05, 3.63) is 60.2 Å². The maximum absolute atomic E-state index is 12.7. The summed E-state index contributed by atoms with van der Waals surface area (Å²) < 4.78 is 0. The molecule has 0 saturated carbocycles. The minimum Gasteiger partial charge on any atom is -0.378 e. The van der Waals surface area contributed by atoms with E-state index >= 15 is 0 Å². The lowest BCUT2D eigenvalue weighted by Gasteiger charge is -2.40. The zero-order valence-corrected chi connectivity index (χ0v) is 19.9. The zero-order valence-electron chi connectivity index (χ0n) is 19.1. The summed E-state index contributed by atoms with van der Waals surface area (Å²) in [6, 6.07) is 19.4. The lowest BCUT2D eigenvalue weighted by molar-refractivity contribution is -0.128. The molecule has 1 fully saturated rings. The normalized spacial score (nSPS) is 16.1. The smallest absolute Gasteiger partial charge is 0.226 e. The summed E-state index contributed by atoms with van der Waals surface area (Å²) >= 11 is 6.01. The quantitative estimate of drug-likeness (QED) is 0.627. The number of alkyl halides is 1. The number of anilines is 2. The Balaban J connectivity index is 1.73. The highest BCUT2D eigenvalue weighted by molar-refractivity contribution is 6.19. The van der Waals surface area contributed by atoms with Crippen molar-refractivity contribution in [2.24, 2.45) is 5.41 Å². The van der Waals surface area contributed by atoms with Gasteiger partial charge in [-0.2, -0.15) is 0 Å². The van der Waals surface area contributed by atoms with Crippen molar-refractivity contribution in [1.29, 1.82) is 0 Å². The van der Waals surface area contributed by atoms with Crippen LogP contribution in [0, 0.1) is 5.41 Å². The third-order valence-electron chi connectivity index (χ3n) is 6.08. The first-order chi connectivity index (χ1) is 14.8. The SMILES string of the molecule is CN(C)c1ccc([C@@H](CNC(=O)C(C)(C)CCl)N2CCN(c3ccccc3)CC2)cc1. The number of rotatable bonds is 8. The number of amides is 1. The van der Waals surface area contributed by atoms with E-state index in [2.05, 4.69) is 74.6 Å². The molecule has 168 valence electrons. The Hall–Kier alpha value is -2.24. The first-order valence-electron chi connectivity index (χ1n) is 11.0. The zero-order chi connectivity index (χ0) is 22.4. The monoisotopic (exact) mass is 442 g/mol. The van der Waals surface area contributed by atoms with E-state index in [0.29, 0.717) is 12.4 Å². The van der Waals surface area contributed by atoms with Crippen molar-refractivity contribution < 1.29 is 4.79 Å². The number of piperazine rings is 1. The van der Waals surface area contributed by atoms with Gasteiger partial charge in [0, 0.05) is 64.1 Å². The molecule has 3 rings (SSSR count). The summed E-state index contributed by atoms with van der Waals surface area (Å²) in [5, 5.41) is 3.16. The van der Waals surface area contributed by atoms with Gasteiger partial charge in [-0.25, -0.2) is 0 Å². The van der Waals surface area contributed by atoms with Crippen molar-refractivity contribution in [1.82, 2.24) is 10.2 Å². The Labute approximate surface area is 192 Å². The molecule has 1 atom stereocenters. The molecule has 5 nitrogen and oxygen atoms in total. The molecule has 1 N–H and O–H groups in total. The first kappa shape index (κ1) is 23.4. The van der Waals surface area contributed by atoms with Gasteiger partial charge in [0.05, 0.1) is 11.5 Å². The summed E-state index contributed by atoms with van der Waals surface area (Å²) in [6.07, 6.45) is 0. The number of benzene rings is 2. The minimum atomic E-state index is -0.576. The standard InChI is InChI=1S/C25H35ClN4O/c1-25(2,19-26)24(31)27-18-23(20-10-12-21(13-11-20)28(3)4)30-16-14-29(15-17-30)22-8-6-5-7-9-22/h5-13,23H,14-19H2,1-4H3,(H,27,31)/t23-/m1/s1. The number of nitrogens with one attached hydrogen (secondary N) is 1. The van der Waals surface area contributed by atoms with Crippen molar-refractivity contribution in [2.75, 3.05) is 62.5 Å². The van der Waals surface area contributed by atoms with Crippen LogP contribution in [0.25, 0.3) is 0 Å². The molecule has 1 aliphatic heterocycles. The highest BCUT2D eigenvalue weighted by Crippen LogP contribution is 2.26. The van der Waals surface area contributed by atoms with Crippen LogP contribution in [0.2, 0.25) is 0 Å². The van der Waals surface area contributed by atoms with Crippen LogP contribution in [-0.2, 0) is 4.79 Å². The molecule has 1 saturated heterocycles. The van der Waals surface area contributed by atoms with E-state index in [0.717, 1.165) is 26.2 Å². The summed E-state index contributed by atoms with van der Waals surface area (Å²) in [6.45, 7) is 8.18. The van der Waals surface area contributed by atoms with Crippen LogP contribution in [0.4, 0.5) is 11.4 Å². The van der Waals surface area contributed by atoms with Crippen molar-refractivity contribution >= 4 is 28.9 Å². The summed E-state index contributed by atoms with van der Waals surface area (Å²) in [5.74, 6) is 0.303. The summed E-state index contributed by atoms with van der Waals surface area (Å²) in [4.78, 5) is 19.7. The Kier molecular flexibility index (Phi) is 7.84. The molecule has 6 heteroatoms. The molecule has 0 radical (unpaired) electrons. The first-order valence-corrected chi connectivity index (χ1v) is 11.5. The third kappa shape index (κ3) is 5.92. The van der Waals surface area contributed by atoms with Crippen molar-refractivity contribution in [3.8, 4) is 0 Å². The van der Waals surface area contributed by atoms with Crippen LogP contribution in [0.1, 0.15) is 25.5 Å². The number of para-hydroxylation sites is 1. The molecule has 0 bridgehead atoms. The van der Waals surface area contributed by atoms with Gasteiger partial charge in [0.2, 0.25) is 5.91 Å². The van der Waals surface area contributed by atoms with E-state index in [-0.39, 0.29) is 11.9 Å². The molecule has 0 aromatic heterocycles. The Bertz CT molecular complexity index is 830. The fraction of sp³-hybridized carbons (Fsp3) is 0.480. The Morgan fingerprint density at radius 1 is 1.03 bits per heavy atom. The Morgan fingerprint density at radius 2 is 1.65 bits per heavy atom. The van der Waals surface area contributed by atoms with E-state index < -0.39 is 5.41 Å². The van der Waals surface area contributed by atoms with E-state index in [4.69, 9.17) is 11.6 Å². The fourth-order valence-electron chi connectivity index (χ4n) is 3.87. The number of nitrogens with zero attached hydrogens (tertiary/aromatic N) is 3. The number of halogens is 1. The van der Waals surface area contributed by atoms with E-state index in [1.54, 1.807) is 0 Å². The molecule has 0 aliphatic carbocycles.